The first-order chi connectivity index (χ1) is 12.9. The molecule has 0 aromatic heterocycles. The summed E-state index contributed by atoms with van der Waals surface area (Å²) >= 11 is 0. The Morgan fingerprint density at radius 1 is 1.21 bits per heavy atom. The number of carbonyl (C=O) groups excluding carboxylic acids is 2. The number of amides is 1. The summed E-state index contributed by atoms with van der Waals surface area (Å²) in [7, 11) is -0.367. The second-order valence-electron chi connectivity index (χ2n) is 6.62. The van der Waals surface area contributed by atoms with Crippen LogP contribution in [-0.2, 0) is 19.4 Å². The van der Waals surface area contributed by atoms with Gasteiger partial charge in [-0.2, -0.15) is 10.2 Å². The van der Waals surface area contributed by atoms with Crippen LogP contribution in [0.3, 0.4) is 0 Å². The lowest BCUT2D eigenvalue weighted by Gasteiger charge is -2.27. The monoisotopic (exact) mass is 412 g/mol. The molecule has 9 nitrogen and oxygen atoms in total. The Hall–Kier alpha value is -2.33. The van der Waals surface area contributed by atoms with E-state index in [1.807, 2.05) is 0 Å². The van der Waals surface area contributed by atoms with Gasteiger partial charge in [0, 0.05) is 19.2 Å². The first kappa shape index (κ1) is 23.7. The van der Waals surface area contributed by atoms with Crippen LogP contribution in [0.4, 0.5) is 5.69 Å². The topological polar surface area (TPSA) is 126 Å². The van der Waals surface area contributed by atoms with Gasteiger partial charge < -0.3 is 10.1 Å². The highest BCUT2D eigenvalue weighted by molar-refractivity contribution is 7.90. The van der Waals surface area contributed by atoms with Crippen LogP contribution in [-0.4, -0.2) is 52.7 Å². The van der Waals surface area contributed by atoms with Crippen LogP contribution < -0.4 is 15.4 Å². The molecule has 0 fully saturated rings. The SMILES string of the molecule is CNC(NC(C)=O)C(C(C)=O)C(C)N=Nc1cc(C)c(S(C)(=O)=O)cc1OC. The van der Waals surface area contributed by atoms with E-state index in [0.717, 1.165) is 6.26 Å². The zero-order valence-corrected chi connectivity index (χ0v) is 18.0. The van der Waals surface area contributed by atoms with Gasteiger partial charge in [0.1, 0.15) is 17.2 Å². The highest BCUT2D eigenvalue weighted by atomic mass is 32.2. The minimum Gasteiger partial charge on any atom is -0.494 e. The lowest BCUT2D eigenvalue weighted by molar-refractivity contribution is -0.124. The minimum atomic E-state index is -3.41. The van der Waals surface area contributed by atoms with Crippen LogP contribution in [0.1, 0.15) is 26.3 Å². The standard InChI is InChI=1S/C18H28N4O5S/c1-10-8-14(15(27-6)9-16(10)28(7,25)26)22-21-11(2)17(12(3)23)18(19-5)20-13(4)24/h8-9,11,17-19H,1-7H3,(H,20,24). The van der Waals surface area contributed by atoms with Gasteiger partial charge in [0.2, 0.25) is 5.91 Å². The van der Waals surface area contributed by atoms with Crippen molar-refractivity contribution >= 4 is 27.2 Å². The van der Waals surface area contributed by atoms with Crippen molar-refractivity contribution in [2.24, 2.45) is 16.1 Å². The third kappa shape index (κ3) is 6.10. The number of hydrogen-bond acceptors (Lipinski definition) is 8. The van der Waals surface area contributed by atoms with Crippen molar-refractivity contribution in [1.82, 2.24) is 10.6 Å². The molecule has 0 heterocycles. The van der Waals surface area contributed by atoms with E-state index in [0.29, 0.717) is 11.3 Å². The number of rotatable bonds is 9. The highest BCUT2D eigenvalue weighted by Gasteiger charge is 2.31. The molecule has 10 heteroatoms. The van der Waals surface area contributed by atoms with Crippen LogP contribution in [0.2, 0.25) is 0 Å². The molecule has 0 bridgehead atoms. The highest BCUT2D eigenvalue weighted by Crippen LogP contribution is 2.33. The zero-order valence-electron chi connectivity index (χ0n) is 17.2. The zero-order chi connectivity index (χ0) is 21.6. The summed E-state index contributed by atoms with van der Waals surface area (Å²) in [5.41, 5.74) is 0.862. The van der Waals surface area contributed by atoms with Crippen molar-refractivity contribution in [3.63, 3.8) is 0 Å². The molecule has 0 aliphatic carbocycles. The number of sulfone groups is 1. The minimum absolute atomic E-state index is 0.152. The molecule has 3 atom stereocenters. The summed E-state index contributed by atoms with van der Waals surface area (Å²) in [5, 5.41) is 14.0. The number of ether oxygens (including phenoxy) is 1. The molecule has 28 heavy (non-hydrogen) atoms. The van der Waals surface area contributed by atoms with Crippen molar-refractivity contribution in [2.45, 2.75) is 44.8 Å². The van der Waals surface area contributed by atoms with E-state index in [2.05, 4.69) is 20.9 Å². The Kier molecular flexibility index (Phi) is 8.25. The van der Waals surface area contributed by atoms with Gasteiger partial charge in [-0.3, -0.25) is 14.9 Å². The fraction of sp³-hybridized carbons (Fsp3) is 0.556. The summed E-state index contributed by atoms with van der Waals surface area (Å²) < 4.78 is 29.0. The van der Waals surface area contributed by atoms with Gasteiger partial charge in [0.05, 0.1) is 30.1 Å². The summed E-state index contributed by atoms with van der Waals surface area (Å²) in [6.07, 6.45) is 0.523. The van der Waals surface area contributed by atoms with Crippen LogP contribution >= 0.6 is 0 Å². The summed E-state index contributed by atoms with van der Waals surface area (Å²) in [6.45, 7) is 6.16. The number of azo groups is 1. The molecule has 1 aromatic carbocycles. The van der Waals surface area contributed by atoms with Gasteiger partial charge in [-0.25, -0.2) is 8.42 Å². The third-order valence-corrected chi connectivity index (χ3v) is 5.48. The Labute approximate surface area is 165 Å². The fourth-order valence-electron chi connectivity index (χ4n) is 2.93. The van der Waals surface area contributed by atoms with Crippen LogP contribution in [0.15, 0.2) is 27.3 Å². The molecule has 1 amide bonds. The molecule has 3 unspecified atom stereocenters. The number of Topliss-reactive ketones (excluding diaryl/α,β-unsaturated/α-hetero) is 1. The maximum absolute atomic E-state index is 12.1. The molecule has 0 saturated carbocycles. The molecule has 1 rings (SSSR count). The van der Waals surface area contributed by atoms with Crippen LogP contribution in [0.5, 0.6) is 5.75 Å². The van der Waals surface area contributed by atoms with E-state index in [9.17, 15) is 18.0 Å². The van der Waals surface area contributed by atoms with E-state index < -0.39 is 28.0 Å². The molecule has 0 saturated heterocycles. The van der Waals surface area contributed by atoms with E-state index >= 15 is 0 Å². The number of aryl methyl sites for hydroxylation is 1. The summed E-state index contributed by atoms with van der Waals surface area (Å²) in [5.74, 6) is -0.813. The smallest absolute Gasteiger partial charge is 0.218 e. The molecule has 156 valence electrons. The number of nitrogens with zero attached hydrogens (tertiary/aromatic N) is 2. The largest absolute Gasteiger partial charge is 0.494 e. The van der Waals surface area contributed by atoms with Gasteiger partial charge in [-0.15, -0.1) is 0 Å². The number of nitrogens with one attached hydrogen (secondary N) is 2. The average molecular weight is 413 g/mol. The molecular weight excluding hydrogens is 384 g/mol. The predicted octanol–water partition coefficient (Wildman–Crippen LogP) is 1.77. The number of carbonyl (C=O) groups is 2. The van der Waals surface area contributed by atoms with Crippen LogP contribution in [0, 0.1) is 12.8 Å². The predicted molar refractivity (Wildman–Crippen MR) is 106 cm³/mol. The molecule has 0 aliphatic heterocycles. The molecule has 1 aromatic rings. The Morgan fingerprint density at radius 2 is 1.82 bits per heavy atom. The first-order valence-corrected chi connectivity index (χ1v) is 10.6. The summed E-state index contributed by atoms with van der Waals surface area (Å²) in [4.78, 5) is 23.7. The van der Waals surface area contributed by atoms with Gasteiger partial charge in [0.15, 0.2) is 9.84 Å². The van der Waals surface area contributed by atoms with Crippen molar-refractivity contribution < 1.29 is 22.7 Å². The lowest BCUT2D eigenvalue weighted by atomic mass is 9.94. The maximum Gasteiger partial charge on any atom is 0.218 e. The second kappa shape index (κ2) is 9.74. The van der Waals surface area contributed by atoms with E-state index in [4.69, 9.17) is 4.74 Å². The fourth-order valence-corrected chi connectivity index (χ4v) is 3.90. The van der Waals surface area contributed by atoms with E-state index in [-0.39, 0.29) is 22.3 Å². The van der Waals surface area contributed by atoms with Gasteiger partial charge in [-0.05, 0) is 39.4 Å². The average Bonchev–Trinajstić information content (AvgIpc) is 2.57. The number of benzene rings is 1. The van der Waals surface area contributed by atoms with Crippen molar-refractivity contribution in [3.8, 4) is 5.75 Å². The van der Waals surface area contributed by atoms with E-state index in [1.165, 1.54) is 27.0 Å². The third-order valence-electron chi connectivity index (χ3n) is 4.24. The number of ketones is 1. The van der Waals surface area contributed by atoms with E-state index in [1.54, 1.807) is 27.0 Å². The van der Waals surface area contributed by atoms with Gasteiger partial charge in [-0.1, -0.05) is 0 Å². The van der Waals surface area contributed by atoms with Crippen molar-refractivity contribution in [2.75, 3.05) is 20.4 Å². The van der Waals surface area contributed by atoms with Gasteiger partial charge in [0.25, 0.3) is 0 Å². The molecule has 2 N–H and O–H groups in total. The number of hydrogen-bond donors (Lipinski definition) is 2. The van der Waals surface area contributed by atoms with Crippen LogP contribution in [0.25, 0.3) is 0 Å². The van der Waals surface area contributed by atoms with Crippen molar-refractivity contribution in [3.05, 3.63) is 17.7 Å². The Bertz CT molecular complexity index is 867. The lowest BCUT2D eigenvalue weighted by Crippen LogP contribution is -2.53. The summed E-state index contributed by atoms with van der Waals surface area (Å²) in [6, 6.07) is 2.42. The molecule has 0 spiro atoms. The van der Waals surface area contributed by atoms with Gasteiger partial charge >= 0.3 is 0 Å². The molecule has 0 radical (unpaired) electrons. The normalized spacial score (nSPS) is 15.1. The molecule has 0 aliphatic rings. The Balaban J connectivity index is 3.25. The quantitative estimate of drug-likeness (QED) is 0.470. The van der Waals surface area contributed by atoms with Crippen molar-refractivity contribution in [1.29, 1.82) is 0 Å². The first-order valence-electron chi connectivity index (χ1n) is 8.66. The number of methoxy groups -OCH3 is 1. The second-order valence-corrected chi connectivity index (χ2v) is 8.61. The Morgan fingerprint density at radius 3 is 2.25 bits per heavy atom. The molecular formula is C18H28N4O5S. The maximum atomic E-state index is 12.1.